The number of halogens is 2. The molecule has 1 amide bonds. The molecule has 1 saturated heterocycles. The summed E-state index contributed by atoms with van der Waals surface area (Å²) >= 11 is 0. The lowest BCUT2D eigenvalue weighted by Crippen LogP contribution is -2.48. The highest BCUT2D eigenvalue weighted by molar-refractivity contribution is 7.92. The number of hydrogen-bond donors (Lipinski definition) is 3. The number of carbonyl (C=O) groups is 1. The van der Waals surface area contributed by atoms with Gasteiger partial charge in [-0.1, -0.05) is 6.42 Å². The van der Waals surface area contributed by atoms with Crippen LogP contribution in [0.3, 0.4) is 0 Å². The molecule has 1 aromatic heterocycles. The molecular weight excluding hydrogens is 532 g/mol. The Balaban J connectivity index is 1.35. The molecule has 212 valence electrons. The Labute approximate surface area is 226 Å². The minimum Gasteiger partial charge on any atom is -0.489 e. The number of ether oxygens (including phenoxy) is 1. The van der Waals surface area contributed by atoms with Crippen LogP contribution in [0.5, 0.6) is 5.75 Å². The molecule has 1 aliphatic heterocycles. The third kappa shape index (κ3) is 6.40. The molecule has 2 aromatic rings. The van der Waals surface area contributed by atoms with Gasteiger partial charge in [0.15, 0.2) is 0 Å². The highest BCUT2D eigenvalue weighted by atomic mass is 32.2. The third-order valence-corrected chi connectivity index (χ3v) is 9.02. The second-order valence-electron chi connectivity index (χ2n) is 10.8. The number of amides is 1. The summed E-state index contributed by atoms with van der Waals surface area (Å²) in [6.07, 6.45) is 4.67. The van der Waals surface area contributed by atoms with Crippen LogP contribution in [0.4, 0.5) is 26.2 Å². The topological polar surface area (TPSA) is 134 Å². The first-order valence-electron chi connectivity index (χ1n) is 13.2. The predicted molar refractivity (Wildman–Crippen MR) is 142 cm³/mol. The van der Waals surface area contributed by atoms with Gasteiger partial charge in [-0.05, 0) is 50.2 Å². The van der Waals surface area contributed by atoms with Crippen LogP contribution in [0.15, 0.2) is 24.3 Å². The van der Waals surface area contributed by atoms with Crippen molar-refractivity contribution >= 4 is 33.4 Å². The molecule has 10 nitrogen and oxygen atoms in total. The number of hydrogen-bond acceptors (Lipinski definition) is 8. The van der Waals surface area contributed by atoms with Crippen molar-refractivity contribution in [1.82, 2.24) is 9.97 Å². The number of aliphatic hydroxyl groups is 1. The Morgan fingerprint density at radius 3 is 2.51 bits per heavy atom. The molecule has 0 atom stereocenters. The Morgan fingerprint density at radius 1 is 1.15 bits per heavy atom. The number of rotatable bonds is 9. The first-order chi connectivity index (χ1) is 18.4. The standard InChI is InChI=1S/C26H33F2N5O5S/c1-17-13-22(31-24(29-17)33-9-7-26(27,28)8-10-33)30-23(35)20-4-3-18(32-39(36,37)12-11-34)14-21(20)38-19-15-25(16-19)5-2-6-25/h3-4,13-14,19,32,34H,2,5-12,15-16H2,1H3,(H,29,30,31,35). The molecule has 3 aliphatic rings. The highest BCUT2D eigenvalue weighted by Gasteiger charge is 2.49. The van der Waals surface area contributed by atoms with Crippen LogP contribution < -0.4 is 19.7 Å². The van der Waals surface area contributed by atoms with Crippen molar-refractivity contribution in [2.24, 2.45) is 5.41 Å². The second kappa shape index (κ2) is 10.5. The lowest BCUT2D eigenvalue weighted by Gasteiger charge is -2.53. The molecule has 13 heteroatoms. The van der Waals surface area contributed by atoms with Crippen molar-refractivity contribution in [2.75, 3.05) is 40.4 Å². The van der Waals surface area contributed by atoms with E-state index in [2.05, 4.69) is 20.0 Å². The van der Waals surface area contributed by atoms with Gasteiger partial charge in [0.1, 0.15) is 11.6 Å². The average Bonchev–Trinajstić information content (AvgIpc) is 2.79. The molecule has 2 heterocycles. The number of alkyl halides is 2. The lowest BCUT2D eigenvalue weighted by atomic mass is 9.55. The van der Waals surface area contributed by atoms with E-state index in [4.69, 9.17) is 9.84 Å². The van der Waals surface area contributed by atoms with Gasteiger partial charge < -0.3 is 20.1 Å². The molecule has 3 N–H and O–H groups in total. The Bertz CT molecular complexity index is 1330. The van der Waals surface area contributed by atoms with Crippen molar-refractivity contribution in [3.63, 3.8) is 0 Å². The molecular formula is C26H33F2N5O5S. The van der Waals surface area contributed by atoms with Crippen molar-refractivity contribution in [1.29, 1.82) is 0 Å². The van der Waals surface area contributed by atoms with E-state index in [1.807, 2.05) is 0 Å². The number of aryl methyl sites for hydroxylation is 1. The van der Waals surface area contributed by atoms with E-state index >= 15 is 0 Å². The zero-order valence-electron chi connectivity index (χ0n) is 21.8. The van der Waals surface area contributed by atoms with Crippen molar-refractivity contribution < 1.29 is 31.8 Å². The number of carbonyl (C=O) groups excluding carboxylic acids is 1. The maximum absolute atomic E-state index is 13.6. The summed E-state index contributed by atoms with van der Waals surface area (Å²) in [6.45, 7) is 1.42. The van der Waals surface area contributed by atoms with Crippen molar-refractivity contribution in [2.45, 2.75) is 63.9 Å². The SMILES string of the molecule is Cc1cc(NC(=O)c2ccc(NS(=O)(=O)CCO)cc2OC2CC3(CCC3)C2)nc(N2CCC(F)(F)CC2)n1. The van der Waals surface area contributed by atoms with Crippen molar-refractivity contribution in [3.8, 4) is 5.75 Å². The van der Waals surface area contributed by atoms with Gasteiger partial charge in [0.05, 0.1) is 29.7 Å². The Kier molecular flexibility index (Phi) is 7.40. The van der Waals surface area contributed by atoms with Crippen LogP contribution in [-0.2, 0) is 10.0 Å². The number of benzene rings is 1. The Morgan fingerprint density at radius 2 is 1.87 bits per heavy atom. The van der Waals surface area contributed by atoms with Crippen molar-refractivity contribution in [3.05, 3.63) is 35.5 Å². The fourth-order valence-electron chi connectivity index (χ4n) is 5.45. The molecule has 0 unspecified atom stereocenters. The fraction of sp³-hybridized carbons (Fsp3) is 0.577. The zero-order chi connectivity index (χ0) is 27.8. The van der Waals surface area contributed by atoms with E-state index in [9.17, 15) is 22.0 Å². The van der Waals surface area contributed by atoms with Crippen LogP contribution in [0.1, 0.15) is 61.0 Å². The summed E-state index contributed by atoms with van der Waals surface area (Å²) in [7, 11) is -3.77. The summed E-state index contributed by atoms with van der Waals surface area (Å²) in [5, 5.41) is 11.8. The van der Waals surface area contributed by atoms with E-state index in [1.165, 1.54) is 37.5 Å². The first kappa shape index (κ1) is 27.5. The van der Waals surface area contributed by atoms with Gasteiger partial charge in [-0.3, -0.25) is 9.52 Å². The molecule has 2 aliphatic carbocycles. The average molecular weight is 566 g/mol. The van der Waals surface area contributed by atoms with Crippen LogP contribution >= 0.6 is 0 Å². The number of sulfonamides is 1. The summed E-state index contributed by atoms with van der Waals surface area (Å²) in [6, 6.07) is 5.99. The number of nitrogens with one attached hydrogen (secondary N) is 2. The second-order valence-corrected chi connectivity index (χ2v) is 12.7. The summed E-state index contributed by atoms with van der Waals surface area (Å²) < 4.78 is 60.2. The van der Waals surface area contributed by atoms with E-state index in [0.717, 1.165) is 12.8 Å². The quantitative estimate of drug-likeness (QED) is 0.419. The maximum Gasteiger partial charge on any atom is 0.260 e. The number of anilines is 3. The number of aromatic nitrogens is 2. The minimum atomic E-state index is -3.77. The van der Waals surface area contributed by atoms with Gasteiger partial charge in [-0.25, -0.2) is 22.2 Å². The fourth-order valence-corrected chi connectivity index (χ4v) is 6.28. The summed E-state index contributed by atoms with van der Waals surface area (Å²) in [4.78, 5) is 23.8. The molecule has 0 bridgehead atoms. The van der Waals surface area contributed by atoms with Crippen LogP contribution in [0, 0.1) is 12.3 Å². The molecule has 3 fully saturated rings. The van der Waals surface area contributed by atoms with Crippen LogP contribution in [-0.4, -0.2) is 66.9 Å². The normalized spacial score (nSPS) is 20.2. The van der Waals surface area contributed by atoms with Gasteiger partial charge in [-0.2, -0.15) is 4.98 Å². The number of piperidine rings is 1. The molecule has 0 radical (unpaired) electrons. The monoisotopic (exact) mass is 565 g/mol. The highest BCUT2D eigenvalue weighted by Crippen LogP contribution is 2.56. The van der Waals surface area contributed by atoms with E-state index < -0.39 is 34.2 Å². The maximum atomic E-state index is 13.6. The zero-order valence-corrected chi connectivity index (χ0v) is 22.6. The molecule has 39 heavy (non-hydrogen) atoms. The summed E-state index contributed by atoms with van der Waals surface area (Å²) in [5.74, 6) is -2.95. The Hall–Kier alpha value is -3.06. The van der Waals surface area contributed by atoms with Gasteiger partial charge in [-0.15, -0.1) is 0 Å². The third-order valence-electron chi connectivity index (χ3n) is 7.75. The lowest BCUT2D eigenvalue weighted by molar-refractivity contribution is -0.0682. The van der Waals surface area contributed by atoms with Gasteiger partial charge in [0.25, 0.3) is 11.8 Å². The first-order valence-corrected chi connectivity index (χ1v) is 14.8. The summed E-state index contributed by atoms with van der Waals surface area (Å²) in [5.41, 5.74) is 1.32. The van der Waals surface area contributed by atoms with Gasteiger partial charge >= 0.3 is 0 Å². The molecule has 2 saturated carbocycles. The largest absolute Gasteiger partial charge is 0.489 e. The van der Waals surface area contributed by atoms with E-state index in [-0.39, 0.29) is 60.8 Å². The number of nitrogens with zero attached hydrogens (tertiary/aromatic N) is 3. The van der Waals surface area contributed by atoms with Gasteiger partial charge in [0.2, 0.25) is 16.0 Å². The molecule has 1 aromatic carbocycles. The van der Waals surface area contributed by atoms with E-state index in [1.54, 1.807) is 17.9 Å². The van der Waals surface area contributed by atoms with E-state index in [0.29, 0.717) is 11.1 Å². The van der Waals surface area contributed by atoms with Crippen LogP contribution in [0.25, 0.3) is 0 Å². The molecule has 5 rings (SSSR count). The van der Waals surface area contributed by atoms with Gasteiger partial charge in [0, 0.05) is 43.8 Å². The number of aliphatic hydroxyl groups excluding tert-OH is 1. The smallest absolute Gasteiger partial charge is 0.260 e. The minimum absolute atomic E-state index is 0.0775. The molecule has 1 spiro atoms. The van der Waals surface area contributed by atoms with Crippen LogP contribution in [0.2, 0.25) is 0 Å². The predicted octanol–water partition coefficient (Wildman–Crippen LogP) is 3.72.